The molecule has 0 radical (unpaired) electrons. The number of likely N-dealkylation sites (N-methyl/N-ethyl adjacent to an activating group) is 1. The number of halogens is 1. The average molecular weight is 291 g/mol. The minimum atomic E-state index is -0.424. The summed E-state index contributed by atoms with van der Waals surface area (Å²) in [5, 5.41) is 2.82. The molecule has 1 rings (SSSR count). The SMILES string of the molecule is CC(C)N(C)CCNC(=O)c1ccc(F)cc1C#CCN. The van der Waals surface area contributed by atoms with Crippen LogP contribution in [0.5, 0.6) is 0 Å². The van der Waals surface area contributed by atoms with Gasteiger partial charge < -0.3 is 16.0 Å². The highest BCUT2D eigenvalue weighted by Gasteiger charge is 2.11. The maximum Gasteiger partial charge on any atom is 0.252 e. The average Bonchev–Trinajstić information content (AvgIpc) is 2.44. The van der Waals surface area contributed by atoms with Gasteiger partial charge >= 0.3 is 0 Å². The van der Waals surface area contributed by atoms with Crippen molar-refractivity contribution in [3.05, 3.63) is 35.1 Å². The second kappa shape index (κ2) is 8.40. The summed E-state index contributed by atoms with van der Waals surface area (Å²) in [4.78, 5) is 14.3. The van der Waals surface area contributed by atoms with Gasteiger partial charge in [0, 0.05) is 24.7 Å². The van der Waals surface area contributed by atoms with Crippen LogP contribution in [0, 0.1) is 17.7 Å². The van der Waals surface area contributed by atoms with Crippen molar-refractivity contribution in [2.75, 3.05) is 26.7 Å². The molecule has 3 N–H and O–H groups in total. The van der Waals surface area contributed by atoms with E-state index in [0.717, 1.165) is 6.54 Å². The largest absolute Gasteiger partial charge is 0.351 e. The van der Waals surface area contributed by atoms with E-state index < -0.39 is 5.82 Å². The first-order valence-corrected chi connectivity index (χ1v) is 6.92. The van der Waals surface area contributed by atoms with Crippen LogP contribution in [-0.2, 0) is 0 Å². The maximum absolute atomic E-state index is 13.2. The van der Waals surface area contributed by atoms with Gasteiger partial charge in [0.15, 0.2) is 0 Å². The number of hydrogen-bond acceptors (Lipinski definition) is 3. The van der Waals surface area contributed by atoms with Crippen LogP contribution in [0.15, 0.2) is 18.2 Å². The van der Waals surface area contributed by atoms with Crippen LogP contribution >= 0.6 is 0 Å². The van der Waals surface area contributed by atoms with Gasteiger partial charge in [-0.15, -0.1) is 0 Å². The number of benzene rings is 1. The Labute approximate surface area is 125 Å². The summed E-state index contributed by atoms with van der Waals surface area (Å²) in [5.74, 6) is 4.69. The van der Waals surface area contributed by atoms with Gasteiger partial charge in [-0.1, -0.05) is 11.8 Å². The highest BCUT2D eigenvalue weighted by atomic mass is 19.1. The molecular formula is C16H22FN3O. The molecule has 0 unspecified atom stereocenters. The van der Waals surface area contributed by atoms with Crippen molar-refractivity contribution in [2.24, 2.45) is 5.73 Å². The molecule has 21 heavy (non-hydrogen) atoms. The molecular weight excluding hydrogens is 269 g/mol. The number of nitrogens with two attached hydrogens (primary N) is 1. The Morgan fingerprint density at radius 1 is 1.48 bits per heavy atom. The molecule has 0 aliphatic carbocycles. The first kappa shape index (κ1) is 17.2. The first-order chi connectivity index (χ1) is 9.95. The second-order valence-corrected chi connectivity index (χ2v) is 5.03. The number of amides is 1. The number of nitrogens with one attached hydrogen (secondary N) is 1. The molecule has 1 amide bonds. The van der Waals surface area contributed by atoms with Crippen molar-refractivity contribution in [3.8, 4) is 11.8 Å². The highest BCUT2D eigenvalue weighted by molar-refractivity contribution is 5.96. The summed E-state index contributed by atoms with van der Waals surface area (Å²) in [7, 11) is 1.99. The molecule has 0 atom stereocenters. The minimum absolute atomic E-state index is 0.163. The number of carbonyl (C=O) groups is 1. The number of nitrogens with zero attached hydrogens (tertiary/aromatic N) is 1. The van der Waals surface area contributed by atoms with Crippen molar-refractivity contribution in [2.45, 2.75) is 19.9 Å². The molecule has 5 heteroatoms. The van der Waals surface area contributed by atoms with Crippen molar-refractivity contribution >= 4 is 5.91 Å². The number of carbonyl (C=O) groups excluding carboxylic acids is 1. The van der Waals surface area contributed by atoms with E-state index in [2.05, 4.69) is 35.9 Å². The molecule has 0 aliphatic heterocycles. The van der Waals surface area contributed by atoms with Crippen LogP contribution in [-0.4, -0.2) is 43.5 Å². The van der Waals surface area contributed by atoms with Crippen molar-refractivity contribution in [3.63, 3.8) is 0 Å². The topological polar surface area (TPSA) is 58.4 Å². The molecule has 0 saturated carbocycles. The van der Waals surface area contributed by atoms with Crippen LogP contribution in [0.2, 0.25) is 0 Å². The Hall–Kier alpha value is -1.90. The maximum atomic E-state index is 13.2. The Morgan fingerprint density at radius 3 is 2.81 bits per heavy atom. The fourth-order valence-corrected chi connectivity index (χ4v) is 1.66. The third-order valence-electron chi connectivity index (χ3n) is 3.18. The second-order valence-electron chi connectivity index (χ2n) is 5.03. The summed E-state index contributed by atoms with van der Waals surface area (Å²) in [6, 6.07) is 4.36. The molecule has 0 aliphatic rings. The van der Waals surface area contributed by atoms with Gasteiger partial charge in [-0.25, -0.2) is 4.39 Å². The third-order valence-corrected chi connectivity index (χ3v) is 3.18. The summed E-state index contributed by atoms with van der Waals surface area (Å²) in [5.41, 5.74) is 6.03. The van der Waals surface area contributed by atoms with Crippen LogP contribution < -0.4 is 11.1 Å². The molecule has 0 saturated heterocycles. The fraction of sp³-hybridized carbons (Fsp3) is 0.438. The molecule has 0 aromatic heterocycles. The van der Waals surface area contributed by atoms with Crippen LogP contribution in [0.1, 0.15) is 29.8 Å². The predicted molar refractivity (Wildman–Crippen MR) is 82.4 cm³/mol. The Kier molecular flexibility index (Phi) is 6.86. The quantitative estimate of drug-likeness (QED) is 0.802. The predicted octanol–water partition coefficient (Wildman–Crippen LogP) is 1.21. The van der Waals surface area contributed by atoms with E-state index in [1.165, 1.54) is 18.2 Å². The lowest BCUT2D eigenvalue weighted by Crippen LogP contribution is -2.36. The fourth-order valence-electron chi connectivity index (χ4n) is 1.66. The highest BCUT2D eigenvalue weighted by Crippen LogP contribution is 2.10. The number of hydrogen-bond donors (Lipinski definition) is 2. The zero-order chi connectivity index (χ0) is 15.8. The van der Waals surface area contributed by atoms with E-state index in [-0.39, 0.29) is 12.5 Å². The lowest BCUT2D eigenvalue weighted by molar-refractivity contribution is 0.0948. The van der Waals surface area contributed by atoms with E-state index in [1.54, 1.807) is 0 Å². The molecule has 114 valence electrons. The van der Waals surface area contributed by atoms with Crippen LogP contribution in [0.25, 0.3) is 0 Å². The molecule has 0 spiro atoms. The van der Waals surface area contributed by atoms with E-state index >= 15 is 0 Å². The zero-order valence-electron chi connectivity index (χ0n) is 12.7. The molecule has 1 aromatic carbocycles. The van der Waals surface area contributed by atoms with Crippen LogP contribution in [0.3, 0.4) is 0 Å². The summed E-state index contributed by atoms with van der Waals surface area (Å²) >= 11 is 0. The van der Waals surface area contributed by atoms with Crippen molar-refractivity contribution in [1.82, 2.24) is 10.2 Å². The van der Waals surface area contributed by atoms with Gasteiger partial charge in [0.2, 0.25) is 0 Å². The van der Waals surface area contributed by atoms with Gasteiger partial charge in [-0.2, -0.15) is 0 Å². The lowest BCUT2D eigenvalue weighted by atomic mass is 10.1. The lowest BCUT2D eigenvalue weighted by Gasteiger charge is -2.20. The van der Waals surface area contributed by atoms with E-state index in [4.69, 9.17) is 5.73 Å². The van der Waals surface area contributed by atoms with Crippen molar-refractivity contribution in [1.29, 1.82) is 0 Å². The molecule has 0 fully saturated rings. The van der Waals surface area contributed by atoms with E-state index in [1.807, 2.05) is 7.05 Å². The Bertz CT molecular complexity index is 546. The van der Waals surface area contributed by atoms with Crippen molar-refractivity contribution < 1.29 is 9.18 Å². The Morgan fingerprint density at radius 2 is 2.19 bits per heavy atom. The summed E-state index contributed by atoms with van der Waals surface area (Å²) < 4.78 is 13.2. The Balaban J connectivity index is 2.74. The van der Waals surface area contributed by atoms with Gasteiger partial charge in [0.25, 0.3) is 5.91 Å². The van der Waals surface area contributed by atoms with Crippen LogP contribution in [0.4, 0.5) is 4.39 Å². The normalized spacial score (nSPS) is 10.4. The standard InChI is InChI=1S/C16H22FN3O/c1-12(2)20(3)10-9-19-16(21)15-7-6-14(17)11-13(15)5-4-8-18/h6-7,11-12H,8-10,18H2,1-3H3,(H,19,21). The van der Waals surface area contributed by atoms with Gasteiger partial charge in [0.1, 0.15) is 5.82 Å². The zero-order valence-corrected chi connectivity index (χ0v) is 12.7. The molecule has 1 aromatic rings. The number of rotatable bonds is 5. The smallest absolute Gasteiger partial charge is 0.252 e. The first-order valence-electron chi connectivity index (χ1n) is 6.92. The third kappa shape index (κ3) is 5.54. The minimum Gasteiger partial charge on any atom is -0.351 e. The van der Waals surface area contributed by atoms with E-state index in [9.17, 15) is 9.18 Å². The molecule has 0 heterocycles. The van der Waals surface area contributed by atoms with Gasteiger partial charge in [-0.3, -0.25) is 4.79 Å². The van der Waals surface area contributed by atoms with Gasteiger partial charge in [-0.05, 0) is 39.1 Å². The molecule has 4 nitrogen and oxygen atoms in total. The summed E-state index contributed by atoms with van der Waals surface area (Å²) in [6.07, 6.45) is 0. The van der Waals surface area contributed by atoms with E-state index in [0.29, 0.717) is 23.7 Å². The molecule has 0 bridgehead atoms. The monoisotopic (exact) mass is 291 g/mol. The van der Waals surface area contributed by atoms with Gasteiger partial charge in [0.05, 0.1) is 12.1 Å². The summed E-state index contributed by atoms with van der Waals surface area (Å²) in [6.45, 7) is 5.60.